The Balaban J connectivity index is 1.88. The smallest absolute Gasteiger partial charge is 0.0459 e. The molecule has 0 atom stereocenters. The van der Waals surface area contributed by atoms with Gasteiger partial charge in [0.2, 0.25) is 0 Å². The Morgan fingerprint density at radius 1 is 1.22 bits per heavy atom. The number of benzene rings is 1. The van der Waals surface area contributed by atoms with Gasteiger partial charge in [-0.1, -0.05) is 36.2 Å². The van der Waals surface area contributed by atoms with Gasteiger partial charge in [0.15, 0.2) is 0 Å². The third-order valence-electron chi connectivity index (χ3n) is 4.28. The third kappa shape index (κ3) is 2.29. The molecule has 0 heterocycles. The van der Waals surface area contributed by atoms with E-state index in [0.29, 0.717) is 0 Å². The van der Waals surface area contributed by atoms with Crippen LogP contribution in [0, 0.1) is 5.92 Å². The van der Waals surface area contributed by atoms with E-state index in [9.17, 15) is 0 Å². The Morgan fingerprint density at radius 3 is 2.33 bits per heavy atom. The lowest BCUT2D eigenvalue weighted by Gasteiger charge is -2.48. The molecule has 2 aliphatic rings. The lowest BCUT2D eigenvalue weighted by atomic mass is 9.59. The van der Waals surface area contributed by atoms with Crippen LogP contribution in [-0.4, -0.2) is 12.6 Å². The summed E-state index contributed by atoms with van der Waals surface area (Å²) in [4.78, 5) is 0. The van der Waals surface area contributed by atoms with Crippen molar-refractivity contribution in [1.29, 1.82) is 0 Å². The molecule has 1 nitrogen and oxygen atoms in total. The maximum atomic E-state index is 6.39. The molecule has 3 heteroatoms. The van der Waals surface area contributed by atoms with Gasteiger partial charge in [-0.2, -0.15) is 0 Å². The zero-order valence-electron chi connectivity index (χ0n) is 10.7. The summed E-state index contributed by atoms with van der Waals surface area (Å²) in [7, 11) is 0. The van der Waals surface area contributed by atoms with Crippen LogP contribution in [-0.2, 0) is 5.41 Å². The molecule has 1 aromatic rings. The van der Waals surface area contributed by atoms with E-state index < -0.39 is 0 Å². The highest BCUT2D eigenvalue weighted by Crippen LogP contribution is 2.51. The largest absolute Gasteiger partial charge is 0.313 e. The van der Waals surface area contributed by atoms with Crippen LogP contribution in [0.2, 0.25) is 10.0 Å². The molecule has 0 unspecified atom stereocenters. The van der Waals surface area contributed by atoms with E-state index in [-0.39, 0.29) is 5.41 Å². The van der Waals surface area contributed by atoms with E-state index in [1.54, 1.807) is 0 Å². The Bertz CT molecular complexity index is 428. The highest BCUT2D eigenvalue weighted by Gasteiger charge is 2.46. The minimum atomic E-state index is 0.164. The van der Waals surface area contributed by atoms with Crippen molar-refractivity contribution >= 4 is 23.2 Å². The third-order valence-corrected chi connectivity index (χ3v) is 4.91. The first-order chi connectivity index (χ1) is 8.61. The molecular formula is C15H19Cl2N. The molecule has 0 amide bonds. The summed E-state index contributed by atoms with van der Waals surface area (Å²) in [5, 5.41) is 5.31. The Kier molecular flexibility index (Phi) is 3.34. The van der Waals surface area contributed by atoms with E-state index in [2.05, 4.69) is 12.2 Å². The fourth-order valence-corrected chi connectivity index (χ4v) is 4.14. The molecule has 1 N–H and O–H groups in total. The first-order valence-electron chi connectivity index (χ1n) is 6.79. The number of hydrogen-bond donors (Lipinski definition) is 1. The van der Waals surface area contributed by atoms with Gasteiger partial charge in [0, 0.05) is 28.0 Å². The molecule has 98 valence electrons. The highest BCUT2D eigenvalue weighted by atomic mass is 35.5. The zero-order valence-corrected chi connectivity index (χ0v) is 12.2. The van der Waals surface area contributed by atoms with Gasteiger partial charge >= 0.3 is 0 Å². The minimum absolute atomic E-state index is 0.164. The monoisotopic (exact) mass is 283 g/mol. The van der Waals surface area contributed by atoms with Gasteiger partial charge in [0.25, 0.3) is 0 Å². The molecule has 2 fully saturated rings. The number of rotatable bonds is 4. The molecule has 2 aliphatic carbocycles. The summed E-state index contributed by atoms with van der Waals surface area (Å²) < 4.78 is 0. The van der Waals surface area contributed by atoms with Gasteiger partial charge in [-0.3, -0.25) is 0 Å². The van der Waals surface area contributed by atoms with Crippen LogP contribution < -0.4 is 5.32 Å². The van der Waals surface area contributed by atoms with Crippen molar-refractivity contribution in [2.24, 2.45) is 5.92 Å². The molecule has 2 saturated carbocycles. The second-order valence-electron chi connectivity index (χ2n) is 6.05. The molecule has 0 bridgehead atoms. The predicted octanol–water partition coefficient (Wildman–Crippen LogP) is 4.41. The topological polar surface area (TPSA) is 12.0 Å². The zero-order chi connectivity index (χ0) is 12.8. The Hall–Kier alpha value is -0.240. The minimum Gasteiger partial charge on any atom is -0.313 e. The standard InChI is InChI=1S/C15H19Cl2N/c1-10-7-15(8-10,9-18-11-5-6-11)14-12(16)3-2-4-13(14)17/h2-4,10-11,18H,5-9H2,1H3. The van der Waals surface area contributed by atoms with E-state index in [0.717, 1.165) is 28.5 Å². The summed E-state index contributed by atoms with van der Waals surface area (Å²) in [5.74, 6) is 0.776. The molecule has 0 spiro atoms. The molecule has 0 aromatic heterocycles. The molecule has 0 radical (unpaired) electrons. The maximum absolute atomic E-state index is 6.39. The fraction of sp³-hybridized carbons (Fsp3) is 0.600. The maximum Gasteiger partial charge on any atom is 0.0459 e. The number of hydrogen-bond acceptors (Lipinski definition) is 1. The van der Waals surface area contributed by atoms with Gasteiger partial charge in [-0.25, -0.2) is 0 Å². The molecule has 3 rings (SSSR count). The quantitative estimate of drug-likeness (QED) is 0.863. The summed E-state index contributed by atoms with van der Waals surface area (Å²) in [5.41, 5.74) is 1.33. The highest BCUT2D eigenvalue weighted by molar-refractivity contribution is 6.36. The average Bonchev–Trinajstić information content (AvgIpc) is 3.07. The van der Waals surface area contributed by atoms with Crippen LogP contribution in [0.25, 0.3) is 0 Å². The van der Waals surface area contributed by atoms with Crippen molar-refractivity contribution < 1.29 is 0 Å². The van der Waals surface area contributed by atoms with Crippen LogP contribution >= 0.6 is 23.2 Å². The van der Waals surface area contributed by atoms with E-state index in [4.69, 9.17) is 23.2 Å². The van der Waals surface area contributed by atoms with Crippen molar-refractivity contribution in [3.05, 3.63) is 33.8 Å². The van der Waals surface area contributed by atoms with Gasteiger partial charge in [0.1, 0.15) is 0 Å². The van der Waals surface area contributed by atoms with Crippen molar-refractivity contribution in [3.63, 3.8) is 0 Å². The van der Waals surface area contributed by atoms with Crippen LogP contribution in [0.5, 0.6) is 0 Å². The first kappa shape index (κ1) is 12.8. The van der Waals surface area contributed by atoms with Gasteiger partial charge in [-0.15, -0.1) is 0 Å². The second-order valence-corrected chi connectivity index (χ2v) is 6.86. The van der Waals surface area contributed by atoms with Crippen molar-refractivity contribution in [3.8, 4) is 0 Å². The van der Waals surface area contributed by atoms with Crippen LogP contribution in [0.3, 0.4) is 0 Å². The van der Waals surface area contributed by atoms with Crippen LogP contribution in [0.4, 0.5) is 0 Å². The number of nitrogens with one attached hydrogen (secondary N) is 1. The van der Waals surface area contributed by atoms with E-state index >= 15 is 0 Å². The summed E-state index contributed by atoms with van der Waals surface area (Å²) in [6, 6.07) is 6.59. The van der Waals surface area contributed by atoms with Crippen LogP contribution in [0.15, 0.2) is 18.2 Å². The van der Waals surface area contributed by atoms with Gasteiger partial charge in [0.05, 0.1) is 0 Å². The molecule has 1 aromatic carbocycles. The molecule has 0 aliphatic heterocycles. The second kappa shape index (κ2) is 4.70. The fourth-order valence-electron chi connectivity index (χ4n) is 3.34. The van der Waals surface area contributed by atoms with Crippen LogP contribution in [0.1, 0.15) is 38.2 Å². The first-order valence-corrected chi connectivity index (χ1v) is 7.54. The molecule has 0 saturated heterocycles. The molecular weight excluding hydrogens is 265 g/mol. The molecule has 18 heavy (non-hydrogen) atoms. The number of halogens is 2. The summed E-state index contributed by atoms with van der Waals surface area (Å²) >= 11 is 12.8. The van der Waals surface area contributed by atoms with Gasteiger partial charge < -0.3 is 5.32 Å². The van der Waals surface area contributed by atoms with E-state index in [1.165, 1.54) is 31.2 Å². The average molecular weight is 284 g/mol. The predicted molar refractivity (Wildman–Crippen MR) is 77.6 cm³/mol. The normalized spacial score (nSPS) is 31.2. The van der Waals surface area contributed by atoms with Crippen molar-refractivity contribution in [1.82, 2.24) is 5.32 Å². The van der Waals surface area contributed by atoms with Crippen molar-refractivity contribution in [2.75, 3.05) is 6.54 Å². The lowest BCUT2D eigenvalue weighted by Crippen LogP contribution is -2.48. The Labute approximate surface area is 119 Å². The lowest BCUT2D eigenvalue weighted by molar-refractivity contribution is 0.152. The van der Waals surface area contributed by atoms with E-state index in [1.807, 2.05) is 18.2 Å². The van der Waals surface area contributed by atoms with Gasteiger partial charge in [-0.05, 0) is 49.3 Å². The Morgan fingerprint density at radius 2 is 1.83 bits per heavy atom. The SMILES string of the molecule is CC1CC(CNC2CC2)(c2c(Cl)cccc2Cl)C1. The van der Waals surface area contributed by atoms with Crippen molar-refractivity contribution in [2.45, 2.75) is 44.1 Å². The summed E-state index contributed by atoms with van der Waals surface area (Å²) in [6.07, 6.45) is 5.02. The summed E-state index contributed by atoms with van der Waals surface area (Å²) in [6.45, 7) is 3.32.